The summed E-state index contributed by atoms with van der Waals surface area (Å²) in [7, 11) is 3.04. The first-order valence-electron chi connectivity index (χ1n) is 4.02. The minimum absolute atomic E-state index is 0.542. The van der Waals surface area contributed by atoms with Crippen molar-refractivity contribution in [1.29, 1.82) is 0 Å². The quantitative estimate of drug-likeness (QED) is 0.731. The number of hydrogen-bond acceptors (Lipinski definition) is 4. The highest BCUT2D eigenvalue weighted by Crippen LogP contribution is 2.11. The van der Waals surface area contributed by atoms with Gasteiger partial charge in [-0.2, -0.15) is 11.3 Å². The smallest absolute Gasteiger partial charge is 0.183 e. The van der Waals surface area contributed by atoms with Crippen LogP contribution in [0.15, 0.2) is 16.8 Å². The van der Waals surface area contributed by atoms with Crippen LogP contribution in [-0.4, -0.2) is 31.7 Å². The third kappa shape index (κ3) is 3.08. The number of methoxy groups -OCH3 is 2. The zero-order valence-corrected chi connectivity index (χ0v) is 8.58. The Kier molecular flexibility index (Phi) is 4.38. The lowest BCUT2D eigenvalue weighted by atomic mass is 10.1. The molecule has 1 N–H and O–H groups in total. The van der Waals surface area contributed by atoms with Gasteiger partial charge in [-0.15, -0.1) is 0 Å². The van der Waals surface area contributed by atoms with E-state index in [1.165, 1.54) is 14.2 Å². The predicted molar refractivity (Wildman–Crippen MR) is 51.8 cm³/mol. The van der Waals surface area contributed by atoms with Crippen LogP contribution in [0.25, 0.3) is 0 Å². The van der Waals surface area contributed by atoms with E-state index in [4.69, 9.17) is 9.47 Å². The predicted octanol–water partition coefficient (Wildman–Crippen LogP) is 1.27. The number of ether oxygens (including phenoxy) is 2. The van der Waals surface area contributed by atoms with Crippen molar-refractivity contribution < 1.29 is 14.6 Å². The average molecular weight is 202 g/mol. The minimum Gasteiger partial charge on any atom is -0.387 e. The lowest BCUT2D eigenvalue weighted by Gasteiger charge is -2.19. The molecule has 1 aromatic heterocycles. The zero-order chi connectivity index (χ0) is 9.68. The van der Waals surface area contributed by atoms with Gasteiger partial charge in [-0.1, -0.05) is 0 Å². The molecule has 1 atom stereocenters. The van der Waals surface area contributed by atoms with Crippen molar-refractivity contribution in [3.05, 3.63) is 22.4 Å². The zero-order valence-electron chi connectivity index (χ0n) is 7.77. The largest absolute Gasteiger partial charge is 0.387 e. The summed E-state index contributed by atoms with van der Waals surface area (Å²) in [5, 5.41) is 13.6. The molecule has 1 aromatic rings. The summed E-state index contributed by atoms with van der Waals surface area (Å²) >= 11 is 1.62. The highest BCUT2D eigenvalue weighted by molar-refractivity contribution is 7.07. The van der Waals surface area contributed by atoms with Crippen molar-refractivity contribution in [3.63, 3.8) is 0 Å². The van der Waals surface area contributed by atoms with Gasteiger partial charge in [0.1, 0.15) is 6.10 Å². The summed E-state index contributed by atoms with van der Waals surface area (Å²) in [5.41, 5.74) is 1.11. The first-order valence-corrected chi connectivity index (χ1v) is 4.97. The molecule has 0 bridgehead atoms. The van der Waals surface area contributed by atoms with E-state index in [1.54, 1.807) is 11.3 Å². The molecule has 0 aliphatic carbocycles. The van der Waals surface area contributed by atoms with E-state index in [2.05, 4.69) is 0 Å². The maximum Gasteiger partial charge on any atom is 0.183 e. The van der Waals surface area contributed by atoms with E-state index < -0.39 is 12.4 Å². The molecule has 0 fully saturated rings. The fourth-order valence-electron chi connectivity index (χ4n) is 1.16. The van der Waals surface area contributed by atoms with Crippen LogP contribution in [0.5, 0.6) is 0 Å². The molecular weight excluding hydrogens is 188 g/mol. The first kappa shape index (κ1) is 10.7. The van der Waals surface area contributed by atoms with Gasteiger partial charge in [0.15, 0.2) is 6.29 Å². The van der Waals surface area contributed by atoms with Crippen LogP contribution < -0.4 is 0 Å². The number of hydrogen-bond donors (Lipinski definition) is 1. The van der Waals surface area contributed by atoms with Gasteiger partial charge in [0.05, 0.1) is 0 Å². The van der Waals surface area contributed by atoms with Gasteiger partial charge < -0.3 is 14.6 Å². The SMILES string of the molecule is COC(OC)C(O)Cc1ccsc1. The maximum absolute atomic E-state index is 9.64. The second-order valence-corrected chi connectivity index (χ2v) is 3.52. The highest BCUT2D eigenvalue weighted by atomic mass is 32.1. The normalized spacial score (nSPS) is 13.5. The summed E-state index contributed by atoms with van der Waals surface area (Å²) in [5.74, 6) is 0. The molecule has 13 heavy (non-hydrogen) atoms. The van der Waals surface area contributed by atoms with Crippen molar-refractivity contribution in [2.24, 2.45) is 0 Å². The Morgan fingerprint density at radius 3 is 2.62 bits per heavy atom. The number of thiophene rings is 1. The Balaban J connectivity index is 2.44. The van der Waals surface area contributed by atoms with E-state index in [0.717, 1.165) is 5.56 Å². The third-order valence-corrected chi connectivity index (χ3v) is 2.54. The molecule has 0 saturated carbocycles. The molecule has 0 spiro atoms. The Hall–Kier alpha value is -0.420. The molecule has 3 nitrogen and oxygen atoms in total. The van der Waals surface area contributed by atoms with Gasteiger partial charge in [-0.3, -0.25) is 0 Å². The molecule has 0 aliphatic heterocycles. The van der Waals surface area contributed by atoms with Crippen LogP contribution in [0.1, 0.15) is 5.56 Å². The standard InChI is InChI=1S/C9H14O3S/c1-11-9(12-2)8(10)5-7-3-4-13-6-7/h3-4,6,8-10H,5H2,1-2H3. The molecule has 1 rings (SSSR count). The van der Waals surface area contributed by atoms with Gasteiger partial charge in [0, 0.05) is 20.6 Å². The molecule has 0 amide bonds. The number of aliphatic hydroxyl groups is 1. The van der Waals surface area contributed by atoms with Crippen molar-refractivity contribution in [2.45, 2.75) is 18.8 Å². The van der Waals surface area contributed by atoms with E-state index in [0.29, 0.717) is 6.42 Å². The van der Waals surface area contributed by atoms with Gasteiger partial charge in [0.2, 0.25) is 0 Å². The summed E-state index contributed by atoms with van der Waals surface area (Å²) < 4.78 is 9.88. The summed E-state index contributed by atoms with van der Waals surface area (Å²) in [4.78, 5) is 0. The fourth-order valence-corrected chi connectivity index (χ4v) is 1.84. The third-order valence-electron chi connectivity index (χ3n) is 1.80. The van der Waals surface area contributed by atoms with E-state index in [9.17, 15) is 5.11 Å². The molecule has 0 radical (unpaired) electrons. The molecule has 4 heteroatoms. The van der Waals surface area contributed by atoms with Crippen molar-refractivity contribution in [1.82, 2.24) is 0 Å². The second-order valence-electron chi connectivity index (χ2n) is 2.74. The molecule has 0 aliphatic rings. The lowest BCUT2D eigenvalue weighted by molar-refractivity contribution is -0.163. The summed E-state index contributed by atoms with van der Waals surface area (Å²) in [6.07, 6.45) is -0.583. The number of rotatable bonds is 5. The van der Waals surface area contributed by atoms with Crippen molar-refractivity contribution in [2.75, 3.05) is 14.2 Å². The fraction of sp³-hybridized carbons (Fsp3) is 0.556. The van der Waals surface area contributed by atoms with Gasteiger partial charge in [-0.25, -0.2) is 0 Å². The van der Waals surface area contributed by atoms with Crippen molar-refractivity contribution in [3.8, 4) is 0 Å². The molecule has 0 saturated heterocycles. The second kappa shape index (κ2) is 5.34. The molecular formula is C9H14O3S. The molecule has 74 valence electrons. The van der Waals surface area contributed by atoms with E-state index in [1.807, 2.05) is 16.8 Å². The van der Waals surface area contributed by atoms with Gasteiger partial charge in [0.25, 0.3) is 0 Å². The van der Waals surface area contributed by atoms with E-state index in [-0.39, 0.29) is 0 Å². The van der Waals surface area contributed by atoms with E-state index >= 15 is 0 Å². The molecule has 1 heterocycles. The molecule has 0 aromatic carbocycles. The van der Waals surface area contributed by atoms with Gasteiger partial charge in [-0.05, 0) is 22.4 Å². The van der Waals surface area contributed by atoms with Crippen molar-refractivity contribution >= 4 is 11.3 Å². The Morgan fingerprint density at radius 2 is 2.15 bits per heavy atom. The summed E-state index contributed by atoms with van der Waals surface area (Å²) in [6.45, 7) is 0. The van der Waals surface area contributed by atoms with Gasteiger partial charge >= 0.3 is 0 Å². The molecule has 1 unspecified atom stereocenters. The van der Waals surface area contributed by atoms with Crippen LogP contribution in [0, 0.1) is 0 Å². The Bertz CT molecular complexity index is 219. The van der Waals surface area contributed by atoms with Crippen LogP contribution in [0.4, 0.5) is 0 Å². The topological polar surface area (TPSA) is 38.7 Å². The number of aliphatic hydroxyl groups excluding tert-OH is 1. The summed E-state index contributed by atoms with van der Waals surface area (Å²) in [6, 6.07) is 1.98. The minimum atomic E-state index is -0.607. The van der Waals surface area contributed by atoms with Crippen LogP contribution >= 0.6 is 11.3 Å². The van der Waals surface area contributed by atoms with Crippen LogP contribution in [0.2, 0.25) is 0 Å². The average Bonchev–Trinajstić information content (AvgIpc) is 2.59. The van der Waals surface area contributed by atoms with Crippen LogP contribution in [-0.2, 0) is 15.9 Å². The first-order chi connectivity index (χ1) is 6.27. The lowest BCUT2D eigenvalue weighted by Crippen LogP contribution is -2.31. The monoisotopic (exact) mass is 202 g/mol. The maximum atomic E-state index is 9.64. The highest BCUT2D eigenvalue weighted by Gasteiger charge is 2.18. The Labute approximate surface area is 81.9 Å². The van der Waals surface area contributed by atoms with Crippen LogP contribution in [0.3, 0.4) is 0 Å². The Morgan fingerprint density at radius 1 is 1.46 bits per heavy atom.